The third-order valence-corrected chi connectivity index (χ3v) is 4.00. The summed E-state index contributed by atoms with van der Waals surface area (Å²) in [6, 6.07) is 3.48. The number of hydrogen-bond acceptors (Lipinski definition) is 2. The van der Waals surface area contributed by atoms with Gasteiger partial charge in [0.05, 0.1) is 0 Å². The summed E-state index contributed by atoms with van der Waals surface area (Å²) in [7, 11) is 0. The molecular formula is C16H21F2NO. The van der Waals surface area contributed by atoms with Crippen molar-refractivity contribution < 1.29 is 13.6 Å². The fraction of sp³-hybridized carbons (Fsp3) is 0.562. The van der Waals surface area contributed by atoms with Crippen molar-refractivity contribution in [3.63, 3.8) is 0 Å². The molecule has 2 nitrogen and oxygen atoms in total. The lowest BCUT2D eigenvalue weighted by Crippen LogP contribution is -2.34. The average Bonchev–Trinajstić information content (AvgIpc) is 2.59. The van der Waals surface area contributed by atoms with Crippen LogP contribution in [0.25, 0.3) is 0 Å². The molecule has 0 N–H and O–H groups in total. The molecule has 4 heteroatoms. The molecule has 0 bridgehead atoms. The van der Waals surface area contributed by atoms with Gasteiger partial charge in [0.2, 0.25) is 0 Å². The molecule has 1 saturated heterocycles. The molecule has 0 aromatic heterocycles. The van der Waals surface area contributed by atoms with E-state index in [4.69, 9.17) is 0 Å². The molecule has 0 aliphatic carbocycles. The number of halogens is 2. The molecule has 0 radical (unpaired) electrons. The van der Waals surface area contributed by atoms with E-state index in [9.17, 15) is 13.6 Å². The van der Waals surface area contributed by atoms with Gasteiger partial charge in [0.1, 0.15) is 11.6 Å². The molecule has 1 fully saturated rings. The van der Waals surface area contributed by atoms with Gasteiger partial charge in [0, 0.05) is 30.6 Å². The van der Waals surface area contributed by atoms with Crippen LogP contribution in [0, 0.1) is 11.6 Å². The number of Topliss-reactive ketones (excluding diaryl/α,β-unsaturated/α-hetero) is 1. The van der Waals surface area contributed by atoms with Gasteiger partial charge < -0.3 is 4.90 Å². The number of likely N-dealkylation sites (tertiary alicyclic amines) is 1. The van der Waals surface area contributed by atoms with Gasteiger partial charge in [-0.15, -0.1) is 0 Å². The molecule has 0 amide bonds. The van der Waals surface area contributed by atoms with E-state index in [1.165, 1.54) is 12.8 Å². The lowest BCUT2D eigenvalue weighted by molar-refractivity contribution is 0.0953. The fourth-order valence-electron chi connectivity index (χ4n) is 2.77. The van der Waals surface area contributed by atoms with Crippen LogP contribution in [0.4, 0.5) is 8.78 Å². The predicted octanol–water partition coefficient (Wildman–Crippen LogP) is 3.80. The fourth-order valence-corrected chi connectivity index (χ4v) is 2.77. The number of carbonyl (C=O) groups excluding carboxylic acids is 1. The summed E-state index contributed by atoms with van der Waals surface area (Å²) >= 11 is 0. The van der Waals surface area contributed by atoms with Gasteiger partial charge in [-0.05, 0) is 38.4 Å². The van der Waals surface area contributed by atoms with Crippen LogP contribution in [0.1, 0.15) is 49.4 Å². The third kappa shape index (κ3) is 4.10. The Kier molecular flexibility index (Phi) is 5.24. The maximum atomic E-state index is 13.1. The highest BCUT2D eigenvalue weighted by Crippen LogP contribution is 2.17. The first kappa shape index (κ1) is 15.1. The Morgan fingerprint density at radius 2 is 1.90 bits per heavy atom. The highest BCUT2D eigenvalue weighted by molar-refractivity contribution is 5.96. The van der Waals surface area contributed by atoms with Gasteiger partial charge in [0.15, 0.2) is 5.78 Å². The summed E-state index contributed by atoms with van der Waals surface area (Å²) in [5.41, 5.74) is 0.130. The van der Waals surface area contributed by atoms with Crippen molar-refractivity contribution in [1.82, 2.24) is 4.90 Å². The predicted molar refractivity (Wildman–Crippen MR) is 74.8 cm³/mol. The lowest BCUT2D eigenvalue weighted by Gasteiger charge is -2.26. The largest absolute Gasteiger partial charge is 0.300 e. The van der Waals surface area contributed by atoms with Gasteiger partial charge in [-0.2, -0.15) is 0 Å². The zero-order valence-electron chi connectivity index (χ0n) is 11.9. The maximum absolute atomic E-state index is 13.1. The van der Waals surface area contributed by atoms with E-state index < -0.39 is 11.6 Å². The zero-order valence-corrected chi connectivity index (χ0v) is 11.9. The molecule has 1 aliphatic rings. The Labute approximate surface area is 118 Å². The van der Waals surface area contributed by atoms with Crippen molar-refractivity contribution >= 4 is 5.78 Å². The topological polar surface area (TPSA) is 20.3 Å². The van der Waals surface area contributed by atoms with Crippen molar-refractivity contribution in [2.75, 3.05) is 13.1 Å². The summed E-state index contributed by atoms with van der Waals surface area (Å²) in [6.07, 6.45) is 5.10. The minimum atomic E-state index is -0.698. The van der Waals surface area contributed by atoms with Gasteiger partial charge in [-0.25, -0.2) is 8.78 Å². The van der Waals surface area contributed by atoms with Crippen LogP contribution in [0.15, 0.2) is 18.2 Å². The number of nitrogens with zero attached hydrogens (tertiary/aromatic N) is 1. The molecule has 0 spiro atoms. The van der Waals surface area contributed by atoms with E-state index in [1.54, 1.807) is 0 Å². The smallest absolute Gasteiger partial charge is 0.164 e. The van der Waals surface area contributed by atoms with Crippen molar-refractivity contribution in [3.05, 3.63) is 35.4 Å². The number of rotatable bonds is 4. The molecule has 1 aromatic rings. The second-order valence-corrected chi connectivity index (χ2v) is 5.57. The molecule has 1 aromatic carbocycles. The Bertz CT molecular complexity index is 455. The number of hydrogen-bond donors (Lipinski definition) is 0. The average molecular weight is 281 g/mol. The Hall–Kier alpha value is -1.29. The third-order valence-electron chi connectivity index (χ3n) is 4.00. The van der Waals surface area contributed by atoms with E-state index >= 15 is 0 Å². The highest BCUT2D eigenvalue weighted by Gasteiger charge is 2.18. The van der Waals surface area contributed by atoms with E-state index in [-0.39, 0.29) is 11.3 Å². The van der Waals surface area contributed by atoms with Crippen LogP contribution in [0.5, 0.6) is 0 Å². The van der Waals surface area contributed by atoms with E-state index in [0.717, 1.165) is 37.6 Å². The van der Waals surface area contributed by atoms with E-state index in [0.29, 0.717) is 19.0 Å². The van der Waals surface area contributed by atoms with Crippen molar-refractivity contribution in [2.24, 2.45) is 0 Å². The Morgan fingerprint density at radius 3 is 2.60 bits per heavy atom. The molecule has 1 atom stereocenters. The molecule has 1 heterocycles. The van der Waals surface area contributed by atoms with Gasteiger partial charge in [-0.1, -0.05) is 12.8 Å². The van der Waals surface area contributed by atoms with Crippen LogP contribution < -0.4 is 0 Å². The minimum absolute atomic E-state index is 0.130. The minimum Gasteiger partial charge on any atom is -0.300 e. The van der Waals surface area contributed by atoms with Crippen molar-refractivity contribution in [1.29, 1.82) is 0 Å². The van der Waals surface area contributed by atoms with E-state index in [2.05, 4.69) is 11.8 Å². The summed E-state index contributed by atoms with van der Waals surface area (Å²) < 4.78 is 26.2. The van der Waals surface area contributed by atoms with Gasteiger partial charge in [-0.3, -0.25) is 4.79 Å². The van der Waals surface area contributed by atoms with E-state index in [1.807, 2.05) is 0 Å². The first-order valence-electron chi connectivity index (χ1n) is 7.29. The van der Waals surface area contributed by atoms with Crippen molar-refractivity contribution in [2.45, 2.75) is 45.1 Å². The molecular weight excluding hydrogens is 260 g/mol. The molecule has 0 saturated carbocycles. The second kappa shape index (κ2) is 6.93. The highest BCUT2D eigenvalue weighted by atomic mass is 19.1. The first-order chi connectivity index (χ1) is 9.56. The Morgan fingerprint density at radius 1 is 1.20 bits per heavy atom. The van der Waals surface area contributed by atoms with Crippen LogP contribution >= 0.6 is 0 Å². The summed E-state index contributed by atoms with van der Waals surface area (Å²) in [4.78, 5) is 14.3. The molecule has 1 unspecified atom stereocenters. The van der Waals surface area contributed by atoms with Gasteiger partial charge >= 0.3 is 0 Å². The zero-order chi connectivity index (χ0) is 14.5. The van der Waals surface area contributed by atoms with Crippen LogP contribution in [0.2, 0.25) is 0 Å². The molecule has 2 rings (SSSR count). The normalized spacial score (nSPS) is 20.6. The molecule has 20 heavy (non-hydrogen) atoms. The summed E-state index contributed by atoms with van der Waals surface area (Å²) in [6.45, 7) is 3.85. The number of benzene rings is 1. The summed E-state index contributed by atoms with van der Waals surface area (Å²) in [5.74, 6) is -1.59. The lowest BCUT2D eigenvalue weighted by atomic mass is 10.1. The quantitative estimate of drug-likeness (QED) is 0.782. The number of ketones is 1. The number of carbonyl (C=O) groups is 1. The van der Waals surface area contributed by atoms with Crippen LogP contribution in [0.3, 0.4) is 0 Å². The monoisotopic (exact) mass is 281 g/mol. The van der Waals surface area contributed by atoms with Crippen LogP contribution in [-0.4, -0.2) is 29.8 Å². The van der Waals surface area contributed by atoms with Crippen LogP contribution in [-0.2, 0) is 0 Å². The second-order valence-electron chi connectivity index (χ2n) is 5.57. The van der Waals surface area contributed by atoms with Gasteiger partial charge in [0.25, 0.3) is 0 Å². The first-order valence-corrected chi connectivity index (χ1v) is 7.29. The summed E-state index contributed by atoms with van der Waals surface area (Å²) in [5, 5.41) is 0. The Balaban J connectivity index is 1.94. The molecule has 110 valence electrons. The molecule has 1 aliphatic heterocycles. The SMILES string of the molecule is CC1CCCCCN1CCC(=O)c1cc(F)cc(F)c1. The van der Waals surface area contributed by atoms with Crippen molar-refractivity contribution in [3.8, 4) is 0 Å². The maximum Gasteiger partial charge on any atom is 0.164 e. The standard InChI is InChI=1S/C16H21F2NO/c1-12-5-3-2-4-7-19(12)8-6-16(20)13-9-14(17)11-15(18)10-13/h9-12H,2-8H2,1H3.